The molecule has 0 fully saturated rings. The maximum Gasteiger partial charge on any atom is 0.346 e. The predicted octanol–water partition coefficient (Wildman–Crippen LogP) is 1.56. The standard InChI is InChI=1S/C22H20N2O9/c25-13-23(11-9-19(27)28)17-5-1-15(2-6-17)21(31)33-22(32)16-3-7-18(8-4-16)24(14-26)12-10-20(29)30/h1-8,13-14H,9-12H2,(H,27,28)(H,29,30). The van der Waals surface area contributed by atoms with Crippen LogP contribution in [0.4, 0.5) is 11.4 Å². The van der Waals surface area contributed by atoms with Gasteiger partial charge in [-0.05, 0) is 48.5 Å². The molecule has 0 radical (unpaired) electrons. The molecule has 33 heavy (non-hydrogen) atoms. The number of carbonyl (C=O) groups excluding carboxylic acids is 4. The summed E-state index contributed by atoms with van der Waals surface area (Å²) in [6.45, 7) is -0.0934. The summed E-state index contributed by atoms with van der Waals surface area (Å²) in [5.41, 5.74) is 0.807. The second-order valence-corrected chi connectivity index (χ2v) is 6.66. The van der Waals surface area contributed by atoms with Gasteiger partial charge in [0.1, 0.15) is 0 Å². The molecule has 11 heteroatoms. The van der Waals surface area contributed by atoms with Crippen LogP contribution in [0.1, 0.15) is 33.6 Å². The van der Waals surface area contributed by atoms with Gasteiger partial charge in [-0.2, -0.15) is 0 Å². The molecule has 0 aliphatic heterocycles. The van der Waals surface area contributed by atoms with Crippen molar-refractivity contribution < 1.29 is 43.7 Å². The van der Waals surface area contributed by atoms with Crippen LogP contribution >= 0.6 is 0 Å². The summed E-state index contributed by atoms with van der Waals surface area (Å²) >= 11 is 0. The first-order valence-corrected chi connectivity index (χ1v) is 9.59. The fraction of sp³-hybridized carbons (Fsp3) is 0.182. The molecule has 2 amide bonds. The van der Waals surface area contributed by atoms with Crippen LogP contribution in [0.5, 0.6) is 0 Å². The molecule has 0 unspecified atom stereocenters. The normalized spacial score (nSPS) is 10.1. The highest BCUT2D eigenvalue weighted by Gasteiger charge is 2.17. The molecule has 172 valence electrons. The molecule has 0 heterocycles. The lowest BCUT2D eigenvalue weighted by Crippen LogP contribution is -2.24. The zero-order valence-electron chi connectivity index (χ0n) is 17.2. The third-order valence-corrected chi connectivity index (χ3v) is 4.44. The Labute approximate surface area is 187 Å². The van der Waals surface area contributed by atoms with Crippen LogP contribution in [0.3, 0.4) is 0 Å². The van der Waals surface area contributed by atoms with Crippen molar-refractivity contribution in [2.24, 2.45) is 0 Å². The third-order valence-electron chi connectivity index (χ3n) is 4.44. The number of carbonyl (C=O) groups is 6. The van der Waals surface area contributed by atoms with Crippen molar-refractivity contribution >= 4 is 48.1 Å². The molecule has 2 rings (SSSR count). The average Bonchev–Trinajstić information content (AvgIpc) is 2.80. The number of amides is 2. The monoisotopic (exact) mass is 456 g/mol. The molecule has 0 aliphatic rings. The third kappa shape index (κ3) is 7.28. The van der Waals surface area contributed by atoms with Gasteiger partial charge in [-0.1, -0.05) is 0 Å². The largest absolute Gasteiger partial charge is 0.481 e. The van der Waals surface area contributed by atoms with Gasteiger partial charge in [-0.3, -0.25) is 19.2 Å². The van der Waals surface area contributed by atoms with Crippen LogP contribution in [0.15, 0.2) is 48.5 Å². The molecule has 2 N–H and O–H groups in total. The van der Waals surface area contributed by atoms with E-state index in [0.717, 1.165) is 9.80 Å². The van der Waals surface area contributed by atoms with Crippen LogP contribution in [0.25, 0.3) is 0 Å². The number of carboxylic acid groups (broad SMARTS) is 2. The van der Waals surface area contributed by atoms with Gasteiger partial charge in [0.25, 0.3) is 0 Å². The predicted molar refractivity (Wildman–Crippen MR) is 114 cm³/mol. The van der Waals surface area contributed by atoms with Gasteiger partial charge in [0, 0.05) is 24.5 Å². The summed E-state index contributed by atoms with van der Waals surface area (Å²) in [6.07, 6.45) is 0.438. The minimum atomic E-state index is -1.06. The molecular formula is C22H20N2O9. The topological polar surface area (TPSA) is 159 Å². The molecule has 11 nitrogen and oxygen atoms in total. The lowest BCUT2D eigenvalue weighted by molar-refractivity contribution is -0.137. The second kappa shape index (κ2) is 11.7. The number of hydrogen-bond donors (Lipinski definition) is 2. The summed E-state index contributed by atoms with van der Waals surface area (Å²) in [4.78, 5) is 70.4. The van der Waals surface area contributed by atoms with Gasteiger partial charge in [0.15, 0.2) is 0 Å². The van der Waals surface area contributed by atoms with E-state index in [0.29, 0.717) is 24.2 Å². The van der Waals surface area contributed by atoms with Crippen LogP contribution in [-0.4, -0.2) is 60.0 Å². The highest BCUT2D eigenvalue weighted by Crippen LogP contribution is 2.17. The number of aliphatic carboxylic acids is 2. The van der Waals surface area contributed by atoms with Crippen molar-refractivity contribution in [3.63, 3.8) is 0 Å². The van der Waals surface area contributed by atoms with Gasteiger partial charge in [0.2, 0.25) is 12.8 Å². The van der Waals surface area contributed by atoms with E-state index in [1.54, 1.807) is 0 Å². The van der Waals surface area contributed by atoms with Crippen LogP contribution < -0.4 is 9.80 Å². The van der Waals surface area contributed by atoms with E-state index in [-0.39, 0.29) is 37.1 Å². The smallest absolute Gasteiger partial charge is 0.346 e. The van der Waals surface area contributed by atoms with E-state index in [1.165, 1.54) is 48.5 Å². The number of benzene rings is 2. The average molecular weight is 456 g/mol. The number of anilines is 2. The first kappa shape index (κ1) is 24.7. The van der Waals surface area contributed by atoms with Crippen molar-refractivity contribution in [3.8, 4) is 0 Å². The number of hydrogen-bond acceptors (Lipinski definition) is 7. The maximum atomic E-state index is 12.3. The number of ether oxygens (including phenoxy) is 1. The minimum absolute atomic E-state index is 0.0357. The molecule has 0 saturated carbocycles. The van der Waals surface area contributed by atoms with E-state index >= 15 is 0 Å². The first-order valence-electron chi connectivity index (χ1n) is 9.59. The van der Waals surface area contributed by atoms with Crippen LogP contribution in [0, 0.1) is 0 Å². The summed E-state index contributed by atoms with van der Waals surface area (Å²) in [6, 6.07) is 11.0. The zero-order valence-corrected chi connectivity index (χ0v) is 17.2. The second-order valence-electron chi connectivity index (χ2n) is 6.66. The number of esters is 2. The van der Waals surface area contributed by atoms with E-state index in [9.17, 15) is 28.8 Å². The maximum absolute atomic E-state index is 12.3. The molecule has 2 aromatic carbocycles. The fourth-order valence-corrected chi connectivity index (χ4v) is 2.70. The van der Waals surface area contributed by atoms with E-state index in [2.05, 4.69) is 0 Å². The first-order chi connectivity index (χ1) is 15.7. The molecule has 0 spiro atoms. The van der Waals surface area contributed by atoms with Gasteiger partial charge < -0.3 is 24.7 Å². The Bertz CT molecular complexity index is 949. The SMILES string of the molecule is O=CN(CCC(=O)O)c1ccc(C(=O)OC(=O)c2ccc(N(C=O)CCC(=O)O)cc2)cc1. The van der Waals surface area contributed by atoms with Crippen molar-refractivity contribution in [1.82, 2.24) is 0 Å². The Balaban J connectivity index is 2.01. The quantitative estimate of drug-likeness (QED) is 0.274. The summed E-state index contributed by atoms with van der Waals surface area (Å²) in [5.74, 6) is -4.00. The zero-order chi connectivity index (χ0) is 24.4. The molecule has 0 saturated heterocycles. The summed E-state index contributed by atoms with van der Waals surface area (Å²) in [5, 5.41) is 17.4. The molecule has 0 aliphatic carbocycles. The molecule has 0 bridgehead atoms. The number of rotatable bonds is 12. The van der Waals surface area contributed by atoms with E-state index < -0.39 is 23.9 Å². The Morgan fingerprint density at radius 3 is 1.27 bits per heavy atom. The molecule has 0 atom stereocenters. The van der Waals surface area contributed by atoms with Gasteiger partial charge >= 0.3 is 23.9 Å². The lowest BCUT2D eigenvalue weighted by Gasteiger charge is -2.16. The summed E-state index contributed by atoms with van der Waals surface area (Å²) in [7, 11) is 0. The molecule has 0 aromatic heterocycles. The van der Waals surface area contributed by atoms with Crippen molar-refractivity contribution in [3.05, 3.63) is 59.7 Å². The molecule has 2 aromatic rings. The Morgan fingerprint density at radius 2 is 1.00 bits per heavy atom. The Kier molecular flexibility index (Phi) is 8.80. The van der Waals surface area contributed by atoms with Crippen LogP contribution in [0.2, 0.25) is 0 Å². The number of carboxylic acids is 2. The van der Waals surface area contributed by atoms with E-state index in [4.69, 9.17) is 14.9 Å². The lowest BCUT2D eigenvalue weighted by atomic mass is 10.2. The minimum Gasteiger partial charge on any atom is -0.481 e. The fourth-order valence-electron chi connectivity index (χ4n) is 2.70. The van der Waals surface area contributed by atoms with E-state index in [1.807, 2.05) is 0 Å². The van der Waals surface area contributed by atoms with Gasteiger partial charge in [-0.25, -0.2) is 9.59 Å². The Hall–Kier alpha value is -4.54. The summed E-state index contributed by atoms with van der Waals surface area (Å²) < 4.78 is 4.83. The number of nitrogens with zero attached hydrogens (tertiary/aromatic N) is 2. The van der Waals surface area contributed by atoms with Gasteiger partial charge in [-0.15, -0.1) is 0 Å². The molecular weight excluding hydrogens is 436 g/mol. The van der Waals surface area contributed by atoms with Crippen molar-refractivity contribution in [2.75, 3.05) is 22.9 Å². The van der Waals surface area contributed by atoms with Crippen molar-refractivity contribution in [2.45, 2.75) is 12.8 Å². The van der Waals surface area contributed by atoms with Gasteiger partial charge in [0.05, 0.1) is 24.0 Å². The highest BCUT2D eigenvalue weighted by molar-refractivity contribution is 6.03. The van der Waals surface area contributed by atoms with Crippen LogP contribution in [-0.2, 0) is 23.9 Å². The highest BCUT2D eigenvalue weighted by atomic mass is 16.6. The van der Waals surface area contributed by atoms with Crippen molar-refractivity contribution in [1.29, 1.82) is 0 Å². The Morgan fingerprint density at radius 1 is 0.667 bits per heavy atom.